The number of rotatable bonds is 3. The summed E-state index contributed by atoms with van der Waals surface area (Å²) < 4.78 is 0. The molecule has 1 aliphatic rings. The second-order valence-corrected chi connectivity index (χ2v) is 4.93. The molecule has 2 rings (SSSR count). The smallest absolute Gasteiger partial charge is 0.292 e. The molecule has 0 saturated carbocycles. The highest BCUT2D eigenvalue weighted by Gasteiger charge is 2.23. The zero-order valence-electron chi connectivity index (χ0n) is 10.5. The van der Waals surface area contributed by atoms with Crippen LogP contribution in [0.15, 0.2) is 18.2 Å². The zero-order valence-corrected chi connectivity index (χ0v) is 10.5. The number of benzene rings is 1. The van der Waals surface area contributed by atoms with E-state index >= 15 is 0 Å². The Morgan fingerprint density at radius 1 is 1.56 bits per heavy atom. The fraction of sp³-hybridized carbons (Fsp3) is 0.538. The number of hydrogen-bond donors (Lipinski definition) is 1. The van der Waals surface area contributed by atoms with Crippen LogP contribution in [0.2, 0.25) is 0 Å². The Morgan fingerprint density at radius 2 is 2.33 bits per heavy atom. The summed E-state index contributed by atoms with van der Waals surface area (Å²) in [4.78, 5) is 12.8. The molecule has 0 spiro atoms. The molecular weight excluding hydrogens is 232 g/mol. The summed E-state index contributed by atoms with van der Waals surface area (Å²) in [5, 5.41) is 20.2. The van der Waals surface area contributed by atoms with Gasteiger partial charge in [0.2, 0.25) is 0 Å². The summed E-state index contributed by atoms with van der Waals surface area (Å²) >= 11 is 0. The lowest BCUT2D eigenvalue weighted by Crippen LogP contribution is -2.34. The normalized spacial score (nSPS) is 19.9. The standard InChI is InChI=1S/C13H18N2O3/c1-10-3-2-6-14(8-10)12-5-4-11(9-16)7-13(12)15(17)18/h4-5,7,10,16H,2-3,6,8-9H2,1H3. The first-order chi connectivity index (χ1) is 8.61. The monoisotopic (exact) mass is 250 g/mol. The Labute approximate surface area is 106 Å². The third-order valence-corrected chi connectivity index (χ3v) is 3.42. The SMILES string of the molecule is CC1CCCN(c2ccc(CO)cc2[N+](=O)[O-])C1. The van der Waals surface area contributed by atoms with E-state index in [1.807, 2.05) is 0 Å². The number of aliphatic hydroxyl groups excluding tert-OH is 1. The average molecular weight is 250 g/mol. The van der Waals surface area contributed by atoms with Crippen molar-refractivity contribution in [1.29, 1.82) is 0 Å². The molecule has 0 aliphatic carbocycles. The second kappa shape index (κ2) is 5.35. The van der Waals surface area contributed by atoms with E-state index in [1.165, 1.54) is 12.5 Å². The molecular formula is C13H18N2O3. The molecule has 1 fully saturated rings. The molecule has 0 amide bonds. The number of piperidine rings is 1. The quantitative estimate of drug-likeness (QED) is 0.660. The van der Waals surface area contributed by atoms with Crippen LogP contribution in [0.5, 0.6) is 0 Å². The second-order valence-electron chi connectivity index (χ2n) is 4.93. The van der Waals surface area contributed by atoms with Crippen molar-refractivity contribution >= 4 is 11.4 Å². The lowest BCUT2D eigenvalue weighted by atomic mass is 9.99. The van der Waals surface area contributed by atoms with Crippen LogP contribution in [0.3, 0.4) is 0 Å². The van der Waals surface area contributed by atoms with Crippen LogP contribution in [0, 0.1) is 16.0 Å². The Bertz CT molecular complexity index is 448. The van der Waals surface area contributed by atoms with Crippen LogP contribution in [0.25, 0.3) is 0 Å². The number of nitrogens with zero attached hydrogens (tertiary/aromatic N) is 2. The molecule has 18 heavy (non-hydrogen) atoms. The summed E-state index contributed by atoms with van der Waals surface area (Å²) in [6, 6.07) is 4.97. The highest BCUT2D eigenvalue weighted by Crippen LogP contribution is 2.32. The van der Waals surface area contributed by atoms with Crippen molar-refractivity contribution in [1.82, 2.24) is 0 Å². The van der Waals surface area contributed by atoms with E-state index in [0.717, 1.165) is 19.5 Å². The lowest BCUT2D eigenvalue weighted by Gasteiger charge is -2.32. The van der Waals surface area contributed by atoms with Crippen LogP contribution in [-0.4, -0.2) is 23.1 Å². The van der Waals surface area contributed by atoms with Crippen molar-refractivity contribution in [3.8, 4) is 0 Å². The largest absolute Gasteiger partial charge is 0.392 e. The highest BCUT2D eigenvalue weighted by atomic mass is 16.6. The summed E-state index contributed by atoms with van der Waals surface area (Å²) in [6.45, 7) is 3.72. The van der Waals surface area contributed by atoms with E-state index < -0.39 is 0 Å². The van der Waals surface area contributed by atoms with E-state index in [0.29, 0.717) is 17.2 Å². The molecule has 5 heteroatoms. The van der Waals surface area contributed by atoms with Crippen LogP contribution < -0.4 is 4.90 Å². The van der Waals surface area contributed by atoms with E-state index in [-0.39, 0.29) is 17.2 Å². The topological polar surface area (TPSA) is 66.6 Å². The molecule has 1 aromatic carbocycles. The third kappa shape index (κ3) is 2.61. The molecule has 5 nitrogen and oxygen atoms in total. The maximum atomic E-state index is 11.1. The van der Waals surface area contributed by atoms with E-state index in [9.17, 15) is 10.1 Å². The Hall–Kier alpha value is -1.62. The van der Waals surface area contributed by atoms with Crippen LogP contribution >= 0.6 is 0 Å². The Morgan fingerprint density at radius 3 is 2.94 bits per heavy atom. The summed E-state index contributed by atoms with van der Waals surface area (Å²) in [6.07, 6.45) is 2.25. The van der Waals surface area contributed by atoms with Gasteiger partial charge >= 0.3 is 0 Å². The molecule has 1 saturated heterocycles. The van der Waals surface area contributed by atoms with Gasteiger partial charge in [-0.05, 0) is 30.4 Å². The van der Waals surface area contributed by atoms with Crippen molar-refractivity contribution in [2.24, 2.45) is 5.92 Å². The molecule has 98 valence electrons. The first-order valence-electron chi connectivity index (χ1n) is 6.25. The highest BCUT2D eigenvalue weighted by molar-refractivity contribution is 5.64. The van der Waals surface area contributed by atoms with E-state index in [2.05, 4.69) is 11.8 Å². The summed E-state index contributed by atoms with van der Waals surface area (Å²) in [7, 11) is 0. The van der Waals surface area contributed by atoms with Crippen LogP contribution in [-0.2, 0) is 6.61 Å². The first-order valence-corrected chi connectivity index (χ1v) is 6.25. The Kier molecular flexibility index (Phi) is 3.81. The third-order valence-electron chi connectivity index (χ3n) is 3.42. The molecule has 0 radical (unpaired) electrons. The average Bonchev–Trinajstić information content (AvgIpc) is 2.38. The van der Waals surface area contributed by atoms with Gasteiger partial charge < -0.3 is 10.0 Å². The summed E-state index contributed by atoms with van der Waals surface area (Å²) in [5.41, 5.74) is 1.34. The van der Waals surface area contributed by atoms with Gasteiger partial charge in [0.1, 0.15) is 5.69 Å². The molecule has 1 atom stereocenters. The predicted octanol–water partition coefficient (Wildman–Crippen LogP) is 2.32. The van der Waals surface area contributed by atoms with Gasteiger partial charge in [0, 0.05) is 19.2 Å². The van der Waals surface area contributed by atoms with Crippen LogP contribution in [0.1, 0.15) is 25.3 Å². The predicted molar refractivity (Wildman–Crippen MR) is 69.6 cm³/mol. The van der Waals surface area contributed by atoms with Crippen molar-refractivity contribution in [2.75, 3.05) is 18.0 Å². The lowest BCUT2D eigenvalue weighted by molar-refractivity contribution is -0.384. The van der Waals surface area contributed by atoms with Gasteiger partial charge in [0.05, 0.1) is 11.5 Å². The number of anilines is 1. The van der Waals surface area contributed by atoms with Gasteiger partial charge in [-0.2, -0.15) is 0 Å². The maximum Gasteiger partial charge on any atom is 0.292 e. The fourth-order valence-electron chi connectivity index (χ4n) is 2.49. The maximum absolute atomic E-state index is 11.1. The Balaban J connectivity index is 2.33. The number of nitro groups is 1. The van der Waals surface area contributed by atoms with Gasteiger partial charge in [0.15, 0.2) is 0 Å². The number of aliphatic hydroxyl groups is 1. The molecule has 1 aliphatic heterocycles. The molecule has 1 heterocycles. The summed E-state index contributed by atoms with van der Waals surface area (Å²) in [5.74, 6) is 0.566. The van der Waals surface area contributed by atoms with Gasteiger partial charge in [-0.1, -0.05) is 13.0 Å². The first kappa shape index (κ1) is 12.8. The van der Waals surface area contributed by atoms with Gasteiger partial charge in [-0.3, -0.25) is 10.1 Å². The van der Waals surface area contributed by atoms with Crippen LogP contribution in [0.4, 0.5) is 11.4 Å². The minimum absolute atomic E-state index is 0.0932. The molecule has 1 N–H and O–H groups in total. The fourth-order valence-corrected chi connectivity index (χ4v) is 2.49. The molecule has 0 aromatic heterocycles. The molecule has 1 unspecified atom stereocenters. The number of nitro benzene ring substituents is 1. The minimum atomic E-state index is -0.367. The zero-order chi connectivity index (χ0) is 13.1. The van der Waals surface area contributed by atoms with Crippen molar-refractivity contribution in [2.45, 2.75) is 26.4 Å². The van der Waals surface area contributed by atoms with Gasteiger partial charge in [0.25, 0.3) is 5.69 Å². The van der Waals surface area contributed by atoms with E-state index in [1.54, 1.807) is 12.1 Å². The molecule has 1 aromatic rings. The number of hydrogen-bond acceptors (Lipinski definition) is 4. The minimum Gasteiger partial charge on any atom is -0.392 e. The van der Waals surface area contributed by atoms with Crippen molar-refractivity contribution in [3.63, 3.8) is 0 Å². The van der Waals surface area contributed by atoms with Crippen molar-refractivity contribution < 1.29 is 10.0 Å². The van der Waals surface area contributed by atoms with Crippen molar-refractivity contribution in [3.05, 3.63) is 33.9 Å². The molecule has 0 bridgehead atoms. The van der Waals surface area contributed by atoms with Gasteiger partial charge in [-0.25, -0.2) is 0 Å². The van der Waals surface area contributed by atoms with Gasteiger partial charge in [-0.15, -0.1) is 0 Å². The van der Waals surface area contributed by atoms with E-state index in [4.69, 9.17) is 5.11 Å².